The summed E-state index contributed by atoms with van der Waals surface area (Å²) in [6.07, 6.45) is 0. The molecule has 176 valence electrons. The Bertz CT molecular complexity index is 1510. The number of rotatable bonds is 2. The Balaban J connectivity index is 1.78. The van der Waals surface area contributed by atoms with Gasteiger partial charge in [0, 0.05) is 22.3 Å². The topological polar surface area (TPSA) is 74.6 Å². The Kier molecular flexibility index (Phi) is 4.77. The highest BCUT2D eigenvalue weighted by molar-refractivity contribution is 6.25. The van der Waals surface area contributed by atoms with E-state index in [0.717, 1.165) is 11.1 Å². The first kappa shape index (κ1) is 22.4. The maximum Gasteiger partial charge on any atom is 0.193 e. The summed E-state index contributed by atoms with van der Waals surface area (Å²) in [5, 5.41) is 25.0. The second-order valence-corrected chi connectivity index (χ2v) is 9.66. The van der Waals surface area contributed by atoms with Crippen LogP contribution in [0.4, 0.5) is 0 Å². The molecular formula is C32H24O4. The highest BCUT2D eigenvalue weighted by atomic mass is 16.3. The molecule has 2 aliphatic carbocycles. The van der Waals surface area contributed by atoms with E-state index >= 15 is 0 Å². The molecule has 4 aromatic carbocycles. The van der Waals surface area contributed by atoms with Crippen molar-refractivity contribution >= 4 is 11.6 Å². The number of hydrogen-bond acceptors (Lipinski definition) is 4. The van der Waals surface area contributed by atoms with Crippen molar-refractivity contribution in [2.24, 2.45) is 0 Å². The zero-order chi connectivity index (χ0) is 25.2. The first-order valence-corrected chi connectivity index (χ1v) is 11.9. The highest BCUT2D eigenvalue weighted by Gasteiger charge is 2.57. The van der Waals surface area contributed by atoms with Gasteiger partial charge >= 0.3 is 0 Å². The summed E-state index contributed by atoms with van der Waals surface area (Å²) >= 11 is 0. The minimum Gasteiger partial charge on any atom is -0.376 e. The fraction of sp³-hybridized carbons (Fsp3) is 0.125. The molecule has 0 fully saturated rings. The van der Waals surface area contributed by atoms with Crippen LogP contribution in [0.2, 0.25) is 0 Å². The average Bonchev–Trinajstić information content (AvgIpc) is 3.25. The third-order valence-corrected chi connectivity index (χ3v) is 7.42. The van der Waals surface area contributed by atoms with Crippen LogP contribution in [0.5, 0.6) is 0 Å². The van der Waals surface area contributed by atoms with E-state index in [4.69, 9.17) is 0 Å². The number of aryl methyl sites for hydroxylation is 2. The lowest BCUT2D eigenvalue weighted by atomic mass is 9.75. The van der Waals surface area contributed by atoms with E-state index in [0.29, 0.717) is 33.4 Å². The SMILES string of the molecule is Cc1cccc(C2(O)/C(=C3\C(=O)c4ccccc4C3(O)c3cccc(C)c3)C(=O)c3ccccc32)c1. The van der Waals surface area contributed by atoms with Crippen LogP contribution in [0.15, 0.2) is 108 Å². The molecule has 0 amide bonds. The quantitative estimate of drug-likeness (QED) is 0.395. The maximum atomic E-state index is 14.1. The smallest absolute Gasteiger partial charge is 0.193 e. The maximum absolute atomic E-state index is 14.1. The first-order chi connectivity index (χ1) is 17.3. The predicted octanol–water partition coefficient (Wildman–Crippen LogP) is 5.16. The lowest BCUT2D eigenvalue weighted by Gasteiger charge is -2.32. The number of carbonyl (C=O) groups excluding carboxylic acids is 2. The predicted molar refractivity (Wildman–Crippen MR) is 137 cm³/mol. The number of carbonyl (C=O) groups is 2. The van der Waals surface area contributed by atoms with Crippen molar-refractivity contribution in [1.82, 2.24) is 0 Å². The summed E-state index contributed by atoms with van der Waals surface area (Å²) < 4.78 is 0. The van der Waals surface area contributed by atoms with Crippen molar-refractivity contribution in [1.29, 1.82) is 0 Å². The normalized spacial score (nSPS) is 24.7. The van der Waals surface area contributed by atoms with Crippen molar-refractivity contribution in [2.75, 3.05) is 0 Å². The van der Waals surface area contributed by atoms with E-state index in [1.54, 1.807) is 60.7 Å². The molecule has 4 heteroatoms. The van der Waals surface area contributed by atoms with Crippen LogP contribution in [0, 0.1) is 13.8 Å². The molecule has 4 nitrogen and oxygen atoms in total. The Hall–Kier alpha value is -4.12. The molecule has 0 saturated carbocycles. The van der Waals surface area contributed by atoms with Crippen LogP contribution in [-0.4, -0.2) is 21.8 Å². The zero-order valence-electron chi connectivity index (χ0n) is 19.9. The van der Waals surface area contributed by atoms with Crippen LogP contribution >= 0.6 is 0 Å². The summed E-state index contributed by atoms with van der Waals surface area (Å²) in [6, 6.07) is 28.3. The van der Waals surface area contributed by atoms with Crippen molar-refractivity contribution in [2.45, 2.75) is 25.0 Å². The Morgan fingerprint density at radius 1 is 0.528 bits per heavy atom. The summed E-state index contributed by atoms with van der Waals surface area (Å²) in [4.78, 5) is 28.1. The fourth-order valence-corrected chi connectivity index (χ4v) is 5.79. The molecular weight excluding hydrogens is 448 g/mol. The molecule has 2 atom stereocenters. The van der Waals surface area contributed by atoms with Gasteiger partial charge in [0.05, 0.1) is 11.1 Å². The number of benzene rings is 4. The van der Waals surface area contributed by atoms with Gasteiger partial charge in [-0.15, -0.1) is 0 Å². The standard InChI is InChI=1S/C32H24O4/c1-19-9-7-11-21(17-19)31(35)25-15-5-3-13-23(25)29(33)27(31)28-30(34)24-14-4-6-16-26(24)32(28,36)22-12-8-10-20(2)18-22/h3-18,35-36H,1-2H3/b28-27+. The second kappa shape index (κ2) is 7.69. The molecule has 0 heterocycles. The average molecular weight is 473 g/mol. The van der Waals surface area contributed by atoms with Crippen molar-refractivity contribution < 1.29 is 19.8 Å². The minimum atomic E-state index is -1.91. The van der Waals surface area contributed by atoms with E-state index in [9.17, 15) is 19.8 Å². The lowest BCUT2D eigenvalue weighted by Crippen LogP contribution is -2.36. The van der Waals surface area contributed by atoms with Crippen LogP contribution in [-0.2, 0) is 11.2 Å². The molecule has 6 rings (SSSR count). The Morgan fingerprint density at radius 3 is 1.31 bits per heavy atom. The Labute approximate surface area is 209 Å². The molecule has 0 saturated heterocycles. The highest BCUT2D eigenvalue weighted by Crippen LogP contribution is 2.54. The van der Waals surface area contributed by atoms with E-state index in [1.807, 2.05) is 50.2 Å². The number of Topliss-reactive ketones (excluding diaryl/α,β-unsaturated/α-hetero) is 2. The van der Waals surface area contributed by atoms with Gasteiger partial charge in [-0.1, -0.05) is 108 Å². The van der Waals surface area contributed by atoms with Crippen molar-refractivity contribution in [3.05, 3.63) is 153 Å². The summed E-state index contributed by atoms with van der Waals surface area (Å²) in [6.45, 7) is 3.81. The van der Waals surface area contributed by atoms with Gasteiger partial charge in [-0.2, -0.15) is 0 Å². The number of hydrogen-bond donors (Lipinski definition) is 2. The molecule has 2 N–H and O–H groups in total. The molecule has 36 heavy (non-hydrogen) atoms. The van der Waals surface area contributed by atoms with Crippen LogP contribution < -0.4 is 0 Å². The van der Waals surface area contributed by atoms with Gasteiger partial charge in [0.2, 0.25) is 0 Å². The number of ketones is 2. The van der Waals surface area contributed by atoms with E-state index < -0.39 is 22.8 Å². The summed E-state index contributed by atoms with van der Waals surface area (Å²) in [7, 11) is 0. The van der Waals surface area contributed by atoms with Gasteiger partial charge in [0.1, 0.15) is 11.2 Å². The molecule has 0 aliphatic heterocycles. The molecule has 2 unspecified atom stereocenters. The van der Waals surface area contributed by atoms with Gasteiger partial charge in [0.25, 0.3) is 0 Å². The van der Waals surface area contributed by atoms with Crippen molar-refractivity contribution in [3.8, 4) is 0 Å². The van der Waals surface area contributed by atoms with E-state index in [2.05, 4.69) is 0 Å². The van der Waals surface area contributed by atoms with Crippen LogP contribution in [0.25, 0.3) is 0 Å². The lowest BCUT2D eigenvalue weighted by molar-refractivity contribution is 0.0803. The van der Waals surface area contributed by atoms with Gasteiger partial charge in [0.15, 0.2) is 11.6 Å². The third-order valence-electron chi connectivity index (χ3n) is 7.42. The van der Waals surface area contributed by atoms with Crippen LogP contribution in [0.1, 0.15) is 54.1 Å². The van der Waals surface area contributed by atoms with Crippen LogP contribution in [0.3, 0.4) is 0 Å². The van der Waals surface area contributed by atoms with Gasteiger partial charge < -0.3 is 10.2 Å². The minimum absolute atomic E-state index is 0.0977. The molecule has 0 spiro atoms. The molecule has 0 radical (unpaired) electrons. The van der Waals surface area contributed by atoms with Gasteiger partial charge in [-0.3, -0.25) is 9.59 Å². The molecule has 0 aromatic heterocycles. The van der Waals surface area contributed by atoms with E-state index in [-0.39, 0.29) is 11.1 Å². The number of fused-ring (bicyclic) bond motifs is 2. The van der Waals surface area contributed by atoms with Gasteiger partial charge in [-0.25, -0.2) is 0 Å². The molecule has 4 aromatic rings. The largest absolute Gasteiger partial charge is 0.376 e. The van der Waals surface area contributed by atoms with Crippen molar-refractivity contribution in [3.63, 3.8) is 0 Å². The number of aliphatic hydroxyl groups is 2. The van der Waals surface area contributed by atoms with Gasteiger partial charge in [-0.05, 0) is 25.0 Å². The molecule has 0 bridgehead atoms. The monoisotopic (exact) mass is 472 g/mol. The Morgan fingerprint density at radius 2 is 0.917 bits per heavy atom. The molecule has 2 aliphatic rings. The summed E-state index contributed by atoms with van der Waals surface area (Å²) in [5.41, 5.74) is 0.163. The third kappa shape index (κ3) is 2.83. The fourth-order valence-electron chi connectivity index (χ4n) is 5.79. The van der Waals surface area contributed by atoms with E-state index in [1.165, 1.54) is 0 Å². The summed E-state index contributed by atoms with van der Waals surface area (Å²) in [5.74, 6) is -0.923. The second-order valence-electron chi connectivity index (χ2n) is 9.66. The first-order valence-electron chi connectivity index (χ1n) is 11.9. The zero-order valence-corrected chi connectivity index (χ0v) is 19.9.